The van der Waals surface area contributed by atoms with Gasteiger partial charge in [0.2, 0.25) is 0 Å². The Morgan fingerprint density at radius 2 is 1.51 bits per heavy atom. The molecular weight excluding hydrogens is 449 g/mol. The molecule has 1 fully saturated rings. The van der Waals surface area contributed by atoms with E-state index >= 15 is 0 Å². The molecule has 2 aromatic rings. The van der Waals surface area contributed by atoms with Crippen molar-refractivity contribution in [3.8, 4) is 0 Å². The average molecular weight is 491 g/mol. The summed E-state index contributed by atoms with van der Waals surface area (Å²) in [7, 11) is 0. The van der Waals surface area contributed by atoms with Gasteiger partial charge < -0.3 is 10.2 Å². The normalized spacial score (nSPS) is 18.8. The van der Waals surface area contributed by atoms with Crippen LogP contribution in [0.3, 0.4) is 0 Å². The van der Waals surface area contributed by atoms with Crippen LogP contribution in [-0.2, 0) is 25.4 Å². The summed E-state index contributed by atoms with van der Waals surface area (Å²) in [5.41, 5.74) is 2.88. The van der Waals surface area contributed by atoms with E-state index in [9.17, 15) is 13.2 Å². The molecule has 0 saturated heterocycles. The van der Waals surface area contributed by atoms with E-state index in [1.807, 2.05) is 0 Å². The van der Waals surface area contributed by atoms with Crippen molar-refractivity contribution in [1.82, 2.24) is 0 Å². The van der Waals surface area contributed by atoms with Crippen molar-refractivity contribution in [3.63, 3.8) is 0 Å². The molecule has 35 heavy (non-hydrogen) atoms. The van der Waals surface area contributed by atoms with E-state index in [0.29, 0.717) is 49.1 Å². The Hall–Kier alpha value is -1.85. The molecule has 1 aliphatic rings. The van der Waals surface area contributed by atoms with Crippen molar-refractivity contribution in [1.29, 1.82) is 0 Å². The van der Waals surface area contributed by atoms with Gasteiger partial charge in [0.05, 0.1) is 5.56 Å². The van der Waals surface area contributed by atoms with Crippen LogP contribution in [-0.4, -0.2) is 23.4 Å². The quantitative estimate of drug-likeness (QED) is 0.324. The molecule has 3 rings (SSSR count). The first-order valence-corrected chi connectivity index (χ1v) is 13.3. The standard InChI is InChI=1S/C30H41F3O2/c1-2-4-22-7-13-26(14-8-22)27-15-9-23(10-16-27)11-17-28-18-12-24(19-29(28)30(31,32)33)5-3-6-25(20-34)21-35/h9-10,12,15-16,18-19,22,25-26,34-35H,2-8,11,13-14,17,20-21H2,1H3. The van der Waals surface area contributed by atoms with E-state index in [-0.39, 0.29) is 19.1 Å². The highest BCUT2D eigenvalue weighted by Crippen LogP contribution is 2.38. The van der Waals surface area contributed by atoms with E-state index in [1.54, 1.807) is 12.1 Å². The van der Waals surface area contributed by atoms with Gasteiger partial charge in [0.15, 0.2) is 0 Å². The molecule has 0 heterocycles. The van der Waals surface area contributed by atoms with Crippen molar-refractivity contribution in [2.75, 3.05) is 13.2 Å². The third-order valence-corrected chi connectivity index (χ3v) is 7.75. The molecule has 2 N–H and O–H groups in total. The third-order valence-electron chi connectivity index (χ3n) is 7.75. The summed E-state index contributed by atoms with van der Waals surface area (Å²) in [5, 5.41) is 18.3. The van der Waals surface area contributed by atoms with Crippen LogP contribution in [0.1, 0.15) is 92.0 Å². The molecule has 1 saturated carbocycles. The third kappa shape index (κ3) is 8.35. The number of halogens is 3. The minimum Gasteiger partial charge on any atom is -0.396 e. The number of alkyl halides is 3. The SMILES string of the molecule is CCCC1CCC(c2ccc(CCc3ccc(CCCC(CO)CO)cc3C(F)(F)F)cc2)CC1. The van der Waals surface area contributed by atoms with Gasteiger partial charge in [0.1, 0.15) is 0 Å². The largest absolute Gasteiger partial charge is 0.416 e. The molecule has 0 aliphatic heterocycles. The maximum absolute atomic E-state index is 13.8. The van der Waals surface area contributed by atoms with Crippen LogP contribution in [0.15, 0.2) is 42.5 Å². The number of aliphatic hydroxyl groups is 2. The number of aliphatic hydroxyl groups excluding tert-OH is 2. The van der Waals surface area contributed by atoms with Crippen molar-refractivity contribution in [2.24, 2.45) is 11.8 Å². The fourth-order valence-electron chi connectivity index (χ4n) is 5.52. The molecule has 0 spiro atoms. The molecule has 2 aromatic carbocycles. The van der Waals surface area contributed by atoms with Crippen LogP contribution in [0.5, 0.6) is 0 Å². The Balaban J connectivity index is 1.58. The van der Waals surface area contributed by atoms with Crippen LogP contribution in [0.4, 0.5) is 13.2 Å². The first-order valence-electron chi connectivity index (χ1n) is 13.3. The zero-order chi connectivity index (χ0) is 25.3. The Kier molecular flexibility index (Phi) is 10.7. The van der Waals surface area contributed by atoms with Gasteiger partial charge in [-0.1, -0.05) is 56.2 Å². The van der Waals surface area contributed by atoms with E-state index in [1.165, 1.54) is 50.2 Å². The summed E-state index contributed by atoms with van der Waals surface area (Å²) in [6, 6.07) is 13.2. The van der Waals surface area contributed by atoms with E-state index in [2.05, 4.69) is 31.2 Å². The molecule has 1 aliphatic carbocycles. The van der Waals surface area contributed by atoms with E-state index < -0.39 is 11.7 Å². The number of aryl methyl sites for hydroxylation is 3. The Morgan fingerprint density at radius 1 is 0.857 bits per heavy atom. The summed E-state index contributed by atoms with van der Waals surface area (Å²) < 4.78 is 41.3. The van der Waals surface area contributed by atoms with Gasteiger partial charge >= 0.3 is 6.18 Å². The van der Waals surface area contributed by atoms with Gasteiger partial charge in [-0.15, -0.1) is 0 Å². The lowest BCUT2D eigenvalue weighted by Gasteiger charge is -2.28. The van der Waals surface area contributed by atoms with Crippen molar-refractivity contribution < 1.29 is 23.4 Å². The van der Waals surface area contributed by atoms with Gasteiger partial charge in [0.25, 0.3) is 0 Å². The molecule has 0 amide bonds. The van der Waals surface area contributed by atoms with Gasteiger partial charge in [-0.2, -0.15) is 13.2 Å². The second kappa shape index (κ2) is 13.5. The maximum atomic E-state index is 13.8. The fourth-order valence-corrected chi connectivity index (χ4v) is 5.52. The second-order valence-corrected chi connectivity index (χ2v) is 10.4. The number of hydrogen-bond acceptors (Lipinski definition) is 2. The number of rotatable bonds is 12. The van der Waals surface area contributed by atoms with E-state index in [0.717, 1.165) is 11.5 Å². The van der Waals surface area contributed by atoms with Crippen molar-refractivity contribution >= 4 is 0 Å². The number of hydrogen-bond donors (Lipinski definition) is 2. The van der Waals surface area contributed by atoms with Gasteiger partial charge in [-0.25, -0.2) is 0 Å². The summed E-state index contributed by atoms with van der Waals surface area (Å²) in [6.45, 7) is 2.04. The Morgan fingerprint density at radius 3 is 2.11 bits per heavy atom. The minimum atomic E-state index is -4.38. The summed E-state index contributed by atoms with van der Waals surface area (Å²) in [5.74, 6) is 1.29. The molecule has 5 heteroatoms. The smallest absolute Gasteiger partial charge is 0.396 e. The van der Waals surface area contributed by atoms with E-state index in [4.69, 9.17) is 10.2 Å². The predicted molar refractivity (Wildman–Crippen MR) is 136 cm³/mol. The molecule has 0 atom stereocenters. The van der Waals surface area contributed by atoms with Gasteiger partial charge in [-0.05, 0) is 97.9 Å². The summed E-state index contributed by atoms with van der Waals surface area (Å²) in [6.07, 6.45) is 5.97. The van der Waals surface area contributed by atoms with Crippen LogP contribution in [0, 0.1) is 11.8 Å². The Bertz CT molecular complexity index is 879. The van der Waals surface area contributed by atoms with Crippen molar-refractivity contribution in [3.05, 3.63) is 70.3 Å². The van der Waals surface area contributed by atoms with Crippen LogP contribution in [0.25, 0.3) is 0 Å². The highest BCUT2D eigenvalue weighted by atomic mass is 19.4. The maximum Gasteiger partial charge on any atom is 0.416 e. The first kappa shape index (κ1) is 27.7. The summed E-state index contributed by atoms with van der Waals surface area (Å²) in [4.78, 5) is 0. The summed E-state index contributed by atoms with van der Waals surface area (Å²) >= 11 is 0. The minimum absolute atomic E-state index is 0.107. The second-order valence-electron chi connectivity index (χ2n) is 10.4. The zero-order valence-corrected chi connectivity index (χ0v) is 21.0. The lowest BCUT2D eigenvalue weighted by Crippen LogP contribution is -2.13. The first-order chi connectivity index (χ1) is 16.8. The topological polar surface area (TPSA) is 40.5 Å². The molecule has 2 nitrogen and oxygen atoms in total. The molecule has 0 aromatic heterocycles. The molecule has 0 radical (unpaired) electrons. The molecule has 0 unspecified atom stereocenters. The monoisotopic (exact) mass is 490 g/mol. The van der Waals surface area contributed by atoms with Gasteiger partial charge in [-0.3, -0.25) is 0 Å². The molecular formula is C30H41F3O2. The van der Waals surface area contributed by atoms with Crippen LogP contribution < -0.4 is 0 Å². The highest BCUT2D eigenvalue weighted by Gasteiger charge is 2.33. The van der Waals surface area contributed by atoms with Gasteiger partial charge in [0, 0.05) is 19.1 Å². The van der Waals surface area contributed by atoms with Crippen LogP contribution in [0.2, 0.25) is 0 Å². The lowest BCUT2D eigenvalue weighted by molar-refractivity contribution is -0.138. The molecule has 194 valence electrons. The fraction of sp³-hybridized carbons (Fsp3) is 0.600. The number of benzene rings is 2. The Labute approximate surface area is 208 Å². The zero-order valence-electron chi connectivity index (χ0n) is 21.0. The average Bonchev–Trinajstić information content (AvgIpc) is 2.86. The van der Waals surface area contributed by atoms with Crippen LogP contribution >= 0.6 is 0 Å². The predicted octanol–water partition coefficient (Wildman–Crippen LogP) is 7.49. The molecule has 0 bridgehead atoms. The highest BCUT2D eigenvalue weighted by molar-refractivity contribution is 5.35. The lowest BCUT2D eigenvalue weighted by atomic mass is 9.77. The van der Waals surface area contributed by atoms with Crippen molar-refractivity contribution in [2.45, 2.75) is 89.6 Å².